The van der Waals surface area contributed by atoms with Gasteiger partial charge in [-0.3, -0.25) is 4.90 Å². The molecule has 0 aromatic heterocycles. The number of likely N-dealkylation sites (tertiary alicyclic amines) is 1. The summed E-state index contributed by atoms with van der Waals surface area (Å²) in [6, 6.07) is 1.35. The number of hydrogen-bond donors (Lipinski definition) is 1. The van der Waals surface area contributed by atoms with Crippen molar-refractivity contribution >= 4 is 0 Å². The minimum absolute atomic E-state index is 0.584. The van der Waals surface area contributed by atoms with E-state index in [0.717, 1.165) is 25.7 Å². The van der Waals surface area contributed by atoms with Crippen molar-refractivity contribution in [3.63, 3.8) is 0 Å². The van der Waals surface area contributed by atoms with Crippen LogP contribution in [0.4, 0.5) is 0 Å². The van der Waals surface area contributed by atoms with E-state index in [4.69, 9.17) is 4.74 Å². The number of nitrogens with zero attached hydrogens (tertiary/aromatic N) is 2. The lowest BCUT2D eigenvalue weighted by Crippen LogP contribution is -2.45. The van der Waals surface area contributed by atoms with Crippen LogP contribution < -0.4 is 5.32 Å². The molecule has 4 nitrogen and oxygen atoms in total. The molecule has 1 fully saturated rings. The number of ether oxygens (including phenoxy) is 1. The third kappa shape index (κ3) is 5.22. The van der Waals surface area contributed by atoms with Crippen LogP contribution in [0.3, 0.4) is 0 Å². The number of methoxy groups -OCH3 is 1. The Morgan fingerprint density at radius 3 is 2.94 bits per heavy atom. The SMILES string of the molecule is CCN1CCCC1CN(C)C(C)CNCCOC. The van der Waals surface area contributed by atoms with Crippen LogP contribution in [0.1, 0.15) is 26.7 Å². The Bertz CT molecular complexity index is 213. The van der Waals surface area contributed by atoms with Gasteiger partial charge >= 0.3 is 0 Å². The van der Waals surface area contributed by atoms with Gasteiger partial charge in [-0.05, 0) is 39.9 Å². The topological polar surface area (TPSA) is 27.7 Å². The molecule has 1 aliphatic heterocycles. The number of rotatable bonds is 9. The Morgan fingerprint density at radius 1 is 1.50 bits per heavy atom. The lowest BCUT2D eigenvalue weighted by Gasteiger charge is -2.31. The average Bonchev–Trinajstić information content (AvgIpc) is 2.81. The quantitative estimate of drug-likeness (QED) is 0.624. The van der Waals surface area contributed by atoms with Gasteiger partial charge in [-0.15, -0.1) is 0 Å². The summed E-state index contributed by atoms with van der Waals surface area (Å²) in [5.74, 6) is 0. The van der Waals surface area contributed by atoms with Gasteiger partial charge < -0.3 is 15.0 Å². The number of likely N-dealkylation sites (N-methyl/N-ethyl adjacent to an activating group) is 2. The first-order chi connectivity index (χ1) is 8.69. The molecule has 0 saturated carbocycles. The van der Waals surface area contributed by atoms with Gasteiger partial charge in [0.1, 0.15) is 0 Å². The molecule has 1 heterocycles. The maximum Gasteiger partial charge on any atom is 0.0587 e. The molecule has 0 aliphatic carbocycles. The van der Waals surface area contributed by atoms with E-state index >= 15 is 0 Å². The average molecular weight is 257 g/mol. The molecule has 0 bridgehead atoms. The van der Waals surface area contributed by atoms with Crippen molar-refractivity contribution in [2.75, 3.05) is 53.5 Å². The van der Waals surface area contributed by atoms with Gasteiger partial charge in [-0.1, -0.05) is 6.92 Å². The van der Waals surface area contributed by atoms with E-state index in [1.54, 1.807) is 7.11 Å². The summed E-state index contributed by atoms with van der Waals surface area (Å²) < 4.78 is 5.04. The summed E-state index contributed by atoms with van der Waals surface area (Å²) in [6.45, 7) is 11.0. The highest BCUT2D eigenvalue weighted by molar-refractivity contribution is 4.82. The predicted molar refractivity (Wildman–Crippen MR) is 77.1 cm³/mol. The lowest BCUT2D eigenvalue weighted by atomic mass is 10.2. The monoisotopic (exact) mass is 257 g/mol. The van der Waals surface area contributed by atoms with Gasteiger partial charge in [-0.2, -0.15) is 0 Å². The normalized spacial score (nSPS) is 22.8. The van der Waals surface area contributed by atoms with Crippen LogP contribution in [-0.2, 0) is 4.74 Å². The Labute approximate surface area is 113 Å². The lowest BCUT2D eigenvalue weighted by molar-refractivity contribution is 0.162. The molecule has 0 radical (unpaired) electrons. The fourth-order valence-corrected chi connectivity index (χ4v) is 2.67. The third-order valence-corrected chi connectivity index (χ3v) is 4.08. The van der Waals surface area contributed by atoms with E-state index in [1.165, 1.54) is 32.5 Å². The maximum atomic E-state index is 5.04. The highest BCUT2D eigenvalue weighted by Gasteiger charge is 2.25. The van der Waals surface area contributed by atoms with E-state index in [0.29, 0.717) is 6.04 Å². The van der Waals surface area contributed by atoms with E-state index in [9.17, 15) is 0 Å². The Hall–Kier alpha value is -0.160. The van der Waals surface area contributed by atoms with Crippen molar-refractivity contribution in [1.82, 2.24) is 15.1 Å². The second-order valence-corrected chi connectivity index (χ2v) is 5.41. The summed E-state index contributed by atoms with van der Waals surface area (Å²) >= 11 is 0. The van der Waals surface area contributed by atoms with E-state index < -0.39 is 0 Å². The zero-order valence-electron chi connectivity index (χ0n) is 12.6. The van der Waals surface area contributed by atoms with Crippen molar-refractivity contribution in [1.29, 1.82) is 0 Å². The van der Waals surface area contributed by atoms with Crippen molar-refractivity contribution < 1.29 is 4.74 Å². The minimum Gasteiger partial charge on any atom is -0.383 e. The first-order valence-electron chi connectivity index (χ1n) is 7.33. The van der Waals surface area contributed by atoms with Gasteiger partial charge in [0.2, 0.25) is 0 Å². The van der Waals surface area contributed by atoms with Crippen molar-refractivity contribution in [3.8, 4) is 0 Å². The van der Waals surface area contributed by atoms with Crippen LogP contribution in [0.2, 0.25) is 0 Å². The number of hydrogen-bond acceptors (Lipinski definition) is 4. The van der Waals surface area contributed by atoms with Gasteiger partial charge in [0, 0.05) is 38.8 Å². The van der Waals surface area contributed by atoms with Gasteiger partial charge in [0.05, 0.1) is 6.61 Å². The van der Waals surface area contributed by atoms with Crippen LogP contribution in [0, 0.1) is 0 Å². The summed E-state index contributed by atoms with van der Waals surface area (Å²) in [6.07, 6.45) is 2.73. The molecule has 0 amide bonds. The minimum atomic E-state index is 0.584. The van der Waals surface area contributed by atoms with Gasteiger partial charge in [-0.25, -0.2) is 0 Å². The molecule has 2 unspecified atom stereocenters. The Balaban J connectivity index is 2.20. The Morgan fingerprint density at radius 2 is 2.28 bits per heavy atom. The predicted octanol–water partition coefficient (Wildman–Crippen LogP) is 1.03. The molecule has 4 heteroatoms. The fourth-order valence-electron chi connectivity index (χ4n) is 2.67. The second kappa shape index (κ2) is 8.86. The summed E-state index contributed by atoms with van der Waals surface area (Å²) in [7, 11) is 3.99. The first-order valence-corrected chi connectivity index (χ1v) is 7.33. The summed E-state index contributed by atoms with van der Waals surface area (Å²) in [5, 5.41) is 3.44. The molecule has 1 N–H and O–H groups in total. The van der Waals surface area contributed by atoms with Gasteiger partial charge in [0.25, 0.3) is 0 Å². The molecule has 0 aromatic rings. The molecule has 0 spiro atoms. The molecule has 0 aromatic carbocycles. The molecule has 1 saturated heterocycles. The maximum absolute atomic E-state index is 5.04. The molecular formula is C14H31N3O. The zero-order valence-corrected chi connectivity index (χ0v) is 12.6. The van der Waals surface area contributed by atoms with E-state index in [2.05, 4.69) is 36.0 Å². The van der Waals surface area contributed by atoms with Crippen molar-refractivity contribution in [3.05, 3.63) is 0 Å². The van der Waals surface area contributed by atoms with Crippen LogP contribution in [0.25, 0.3) is 0 Å². The number of nitrogens with one attached hydrogen (secondary N) is 1. The molecule has 18 heavy (non-hydrogen) atoms. The largest absolute Gasteiger partial charge is 0.383 e. The molecule has 108 valence electrons. The van der Waals surface area contributed by atoms with E-state index in [1.807, 2.05) is 0 Å². The zero-order chi connectivity index (χ0) is 13.4. The smallest absolute Gasteiger partial charge is 0.0587 e. The molecular weight excluding hydrogens is 226 g/mol. The summed E-state index contributed by atoms with van der Waals surface area (Å²) in [5.41, 5.74) is 0. The van der Waals surface area contributed by atoms with Crippen LogP contribution in [0.5, 0.6) is 0 Å². The van der Waals surface area contributed by atoms with Crippen LogP contribution in [-0.4, -0.2) is 75.4 Å². The molecule has 1 aliphatic rings. The van der Waals surface area contributed by atoms with Crippen LogP contribution in [0.15, 0.2) is 0 Å². The second-order valence-electron chi connectivity index (χ2n) is 5.41. The van der Waals surface area contributed by atoms with E-state index in [-0.39, 0.29) is 0 Å². The molecule has 2 atom stereocenters. The molecule has 1 rings (SSSR count). The highest BCUT2D eigenvalue weighted by atomic mass is 16.5. The van der Waals surface area contributed by atoms with Crippen LogP contribution >= 0.6 is 0 Å². The van der Waals surface area contributed by atoms with Crippen molar-refractivity contribution in [2.24, 2.45) is 0 Å². The standard InChI is InChI=1S/C14H31N3O/c1-5-17-9-6-7-14(17)12-16(3)13(2)11-15-8-10-18-4/h13-15H,5-12H2,1-4H3. The Kier molecular flexibility index (Phi) is 7.82. The first kappa shape index (κ1) is 15.9. The fraction of sp³-hybridized carbons (Fsp3) is 1.00. The van der Waals surface area contributed by atoms with Gasteiger partial charge in [0.15, 0.2) is 0 Å². The third-order valence-electron chi connectivity index (χ3n) is 4.08. The summed E-state index contributed by atoms with van der Waals surface area (Å²) in [4.78, 5) is 5.10. The highest BCUT2D eigenvalue weighted by Crippen LogP contribution is 2.17. The van der Waals surface area contributed by atoms with Crippen molar-refractivity contribution in [2.45, 2.75) is 38.8 Å².